The molecular weight excluding hydrogens is 404 g/mol. The second kappa shape index (κ2) is 8.94. The summed E-state index contributed by atoms with van der Waals surface area (Å²) in [6.45, 7) is 0.953. The minimum Gasteiger partial charge on any atom is -0.489 e. The molecule has 0 amide bonds. The molecule has 0 saturated carbocycles. The Kier molecular flexibility index (Phi) is 5.93. The number of H-pyrrole nitrogens is 1. The van der Waals surface area contributed by atoms with Crippen LogP contribution in [0.3, 0.4) is 0 Å². The van der Waals surface area contributed by atoms with Crippen molar-refractivity contribution in [3.05, 3.63) is 99.8 Å². The van der Waals surface area contributed by atoms with Crippen LogP contribution >= 0.6 is 23.8 Å². The van der Waals surface area contributed by atoms with E-state index >= 15 is 0 Å². The van der Waals surface area contributed by atoms with Gasteiger partial charge in [-0.05, 0) is 36.0 Å². The van der Waals surface area contributed by atoms with Crippen LogP contribution < -0.4 is 10.2 Å². The molecule has 4 aromatic rings. The maximum atomic E-state index is 6.22. The summed E-state index contributed by atoms with van der Waals surface area (Å²) >= 11 is 11.6. The molecule has 0 fully saturated rings. The highest BCUT2D eigenvalue weighted by Gasteiger charge is 2.10. The molecule has 5 nitrogen and oxygen atoms in total. The van der Waals surface area contributed by atoms with E-state index in [1.807, 2.05) is 78.9 Å². The van der Waals surface area contributed by atoms with E-state index in [0.29, 0.717) is 28.8 Å². The molecule has 7 heteroatoms. The van der Waals surface area contributed by atoms with Gasteiger partial charge in [-0.25, -0.2) is 9.77 Å². The van der Waals surface area contributed by atoms with Gasteiger partial charge in [-0.1, -0.05) is 72.3 Å². The van der Waals surface area contributed by atoms with Gasteiger partial charge in [-0.15, -0.1) is 0 Å². The van der Waals surface area contributed by atoms with Crippen molar-refractivity contribution >= 4 is 23.8 Å². The molecule has 0 bridgehead atoms. The third-order valence-corrected chi connectivity index (χ3v) is 4.90. The van der Waals surface area contributed by atoms with Crippen LogP contribution in [-0.4, -0.2) is 14.9 Å². The lowest BCUT2D eigenvalue weighted by Crippen LogP contribution is -2.16. The van der Waals surface area contributed by atoms with Crippen molar-refractivity contribution in [1.82, 2.24) is 14.9 Å². The maximum Gasteiger partial charge on any atom is 0.214 e. The molecule has 2 N–H and O–H groups in total. The molecule has 0 aliphatic carbocycles. The summed E-state index contributed by atoms with van der Waals surface area (Å²) in [6, 6.07) is 25.5. The van der Waals surface area contributed by atoms with Crippen molar-refractivity contribution in [3.63, 3.8) is 0 Å². The first kappa shape index (κ1) is 19.2. The fourth-order valence-electron chi connectivity index (χ4n) is 2.95. The number of nitrogens with one attached hydrogen (secondary N) is 2. The molecule has 1 aromatic heterocycles. The van der Waals surface area contributed by atoms with E-state index in [1.54, 1.807) is 4.68 Å². The molecule has 146 valence electrons. The van der Waals surface area contributed by atoms with Gasteiger partial charge in [-0.2, -0.15) is 5.10 Å². The minimum atomic E-state index is 0.471. The van der Waals surface area contributed by atoms with Crippen molar-refractivity contribution in [2.45, 2.75) is 13.2 Å². The van der Waals surface area contributed by atoms with Crippen LogP contribution in [0.1, 0.15) is 11.1 Å². The van der Waals surface area contributed by atoms with Gasteiger partial charge in [0, 0.05) is 16.1 Å². The second-order valence-corrected chi connectivity index (χ2v) is 7.24. The topological polar surface area (TPSA) is 54.9 Å². The normalized spacial score (nSPS) is 10.7. The van der Waals surface area contributed by atoms with Gasteiger partial charge in [-0.3, -0.25) is 0 Å². The summed E-state index contributed by atoms with van der Waals surface area (Å²) in [4.78, 5) is 0. The van der Waals surface area contributed by atoms with E-state index in [-0.39, 0.29) is 0 Å². The lowest BCUT2D eigenvalue weighted by atomic mass is 10.2. The van der Waals surface area contributed by atoms with Crippen molar-refractivity contribution in [2.24, 2.45) is 0 Å². The van der Waals surface area contributed by atoms with Crippen LogP contribution in [0.15, 0.2) is 78.9 Å². The van der Waals surface area contributed by atoms with E-state index in [9.17, 15) is 0 Å². The van der Waals surface area contributed by atoms with Crippen LogP contribution in [0.5, 0.6) is 5.75 Å². The Hall–Kier alpha value is -3.09. The first-order chi connectivity index (χ1) is 14.2. The molecule has 0 saturated heterocycles. The Balaban J connectivity index is 1.54. The monoisotopic (exact) mass is 422 g/mol. The Bertz CT molecular complexity index is 1140. The summed E-state index contributed by atoms with van der Waals surface area (Å²) in [7, 11) is 0. The van der Waals surface area contributed by atoms with Crippen LogP contribution in [-0.2, 0) is 13.2 Å². The lowest BCUT2D eigenvalue weighted by Gasteiger charge is -2.15. The molecule has 3 aromatic carbocycles. The Morgan fingerprint density at radius 3 is 2.48 bits per heavy atom. The van der Waals surface area contributed by atoms with E-state index in [1.165, 1.54) is 0 Å². The number of ether oxygens (including phenoxy) is 1. The van der Waals surface area contributed by atoms with Gasteiger partial charge in [0.05, 0.1) is 6.54 Å². The number of aromatic amines is 1. The molecule has 0 spiro atoms. The van der Waals surface area contributed by atoms with Crippen molar-refractivity contribution in [2.75, 3.05) is 5.43 Å². The van der Waals surface area contributed by atoms with Crippen LogP contribution in [0.2, 0.25) is 5.02 Å². The van der Waals surface area contributed by atoms with Gasteiger partial charge in [0.1, 0.15) is 12.4 Å². The van der Waals surface area contributed by atoms with Crippen molar-refractivity contribution in [3.8, 4) is 17.1 Å². The average molecular weight is 423 g/mol. The number of aromatic nitrogens is 3. The van der Waals surface area contributed by atoms with Gasteiger partial charge in [0.15, 0.2) is 5.82 Å². The summed E-state index contributed by atoms with van der Waals surface area (Å²) < 4.78 is 8.28. The van der Waals surface area contributed by atoms with Crippen molar-refractivity contribution < 1.29 is 4.74 Å². The largest absolute Gasteiger partial charge is 0.489 e. The zero-order valence-corrected chi connectivity index (χ0v) is 17.1. The summed E-state index contributed by atoms with van der Waals surface area (Å²) in [5.74, 6) is 1.48. The molecule has 1 heterocycles. The molecule has 0 unspecified atom stereocenters. The Morgan fingerprint density at radius 2 is 1.72 bits per heavy atom. The lowest BCUT2D eigenvalue weighted by molar-refractivity contribution is 0.303. The van der Waals surface area contributed by atoms with Gasteiger partial charge in [0.2, 0.25) is 4.77 Å². The summed E-state index contributed by atoms with van der Waals surface area (Å²) in [5, 5.41) is 7.83. The van der Waals surface area contributed by atoms with Gasteiger partial charge < -0.3 is 10.2 Å². The zero-order valence-electron chi connectivity index (χ0n) is 15.5. The first-order valence-corrected chi connectivity index (χ1v) is 9.91. The van der Waals surface area contributed by atoms with Crippen molar-refractivity contribution in [1.29, 1.82) is 0 Å². The predicted octanol–water partition coefficient (Wildman–Crippen LogP) is 5.58. The van der Waals surface area contributed by atoms with E-state index in [0.717, 1.165) is 22.4 Å². The highest BCUT2D eigenvalue weighted by Crippen LogP contribution is 2.24. The van der Waals surface area contributed by atoms with Gasteiger partial charge >= 0.3 is 0 Å². The molecular formula is C22H19ClN4OS. The second-order valence-electron chi connectivity index (χ2n) is 6.42. The predicted molar refractivity (Wildman–Crippen MR) is 118 cm³/mol. The number of rotatable bonds is 7. The highest BCUT2D eigenvalue weighted by molar-refractivity contribution is 7.71. The fraction of sp³-hybridized carbons (Fsp3) is 0.0909. The fourth-order valence-corrected chi connectivity index (χ4v) is 3.34. The number of nitrogens with zero attached hydrogens (tertiary/aromatic N) is 2. The molecule has 0 aliphatic rings. The maximum absolute atomic E-state index is 6.22. The number of hydrogen-bond donors (Lipinski definition) is 2. The van der Waals surface area contributed by atoms with E-state index in [4.69, 9.17) is 28.6 Å². The van der Waals surface area contributed by atoms with Crippen LogP contribution in [0.25, 0.3) is 11.4 Å². The Morgan fingerprint density at radius 1 is 1.00 bits per heavy atom. The van der Waals surface area contributed by atoms with E-state index in [2.05, 4.69) is 15.6 Å². The zero-order chi connectivity index (χ0) is 20.1. The SMILES string of the molecule is S=c1[nH]nc(-c2ccccc2)n1NCc1cc(Cl)ccc1OCc1ccccc1. The molecule has 0 aliphatic heterocycles. The molecule has 29 heavy (non-hydrogen) atoms. The van der Waals surface area contributed by atoms with Crippen LogP contribution in [0.4, 0.5) is 0 Å². The van der Waals surface area contributed by atoms with E-state index < -0.39 is 0 Å². The third-order valence-electron chi connectivity index (χ3n) is 4.39. The van der Waals surface area contributed by atoms with Crippen LogP contribution in [0, 0.1) is 4.77 Å². The first-order valence-electron chi connectivity index (χ1n) is 9.12. The highest BCUT2D eigenvalue weighted by atomic mass is 35.5. The molecule has 4 rings (SSSR count). The Labute approximate surface area is 178 Å². The smallest absolute Gasteiger partial charge is 0.214 e. The minimum absolute atomic E-state index is 0.471. The number of halogens is 1. The molecule has 0 radical (unpaired) electrons. The molecule has 0 atom stereocenters. The number of hydrogen-bond acceptors (Lipinski definition) is 4. The quantitative estimate of drug-likeness (QED) is 0.381. The van der Waals surface area contributed by atoms with Gasteiger partial charge in [0.25, 0.3) is 0 Å². The third kappa shape index (κ3) is 4.67. The number of benzene rings is 3. The standard InChI is InChI=1S/C22H19ClN4OS/c23-19-11-12-20(28-15-16-7-3-1-4-8-16)18(13-19)14-24-27-21(25-26-22(27)29)17-9-5-2-6-10-17/h1-13,24H,14-15H2,(H,26,29). The summed E-state index contributed by atoms with van der Waals surface area (Å²) in [5.41, 5.74) is 6.31. The summed E-state index contributed by atoms with van der Waals surface area (Å²) in [6.07, 6.45) is 0. The average Bonchev–Trinajstić information content (AvgIpc) is 3.13.